The van der Waals surface area contributed by atoms with Gasteiger partial charge in [-0.25, -0.2) is 4.90 Å². The molecule has 0 N–H and O–H groups in total. The Balaban J connectivity index is 2.10. The SMILES string of the molecule is CCSC1=C(c2ccc([N+](=O)[O-])cc2)C(=O)N(c2cccc(C)c2C)C1=O. The van der Waals surface area contributed by atoms with Crippen LogP contribution in [-0.4, -0.2) is 22.5 Å². The van der Waals surface area contributed by atoms with Gasteiger partial charge in [0, 0.05) is 12.1 Å². The summed E-state index contributed by atoms with van der Waals surface area (Å²) in [5.41, 5.74) is 3.15. The summed E-state index contributed by atoms with van der Waals surface area (Å²) in [4.78, 5) is 38.2. The van der Waals surface area contributed by atoms with Crippen LogP contribution in [0.2, 0.25) is 0 Å². The van der Waals surface area contributed by atoms with Crippen molar-refractivity contribution in [2.24, 2.45) is 0 Å². The largest absolute Gasteiger partial charge is 0.272 e. The monoisotopic (exact) mass is 382 g/mol. The molecule has 1 heterocycles. The number of amides is 2. The smallest absolute Gasteiger partial charge is 0.268 e. The van der Waals surface area contributed by atoms with E-state index in [9.17, 15) is 19.7 Å². The number of hydrogen-bond donors (Lipinski definition) is 0. The summed E-state index contributed by atoms with van der Waals surface area (Å²) < 4.78 is 0. The molecule has 3 rings (SSSR count). The highest BCUT2D eigenvalue weighted by atomic mass is 32.2. The van der Waals surface area contributed by atoms with Crippen molar-refractivity contribution < 1.29 is 14.5 Å². The topological polar surface area (TPSA) is 80.5 Å². The van der Waals surface area contributed by atoms with Gasteiger partial charge in [0.2, 0.25) is 0 Å². The molecule has 0 fully saturated rings. The van der Waals surface area contributed by atoms with E-state index in [1.165, 1.54) is 40.9 Å². The van der Waals surface area contributed by atoms with Gasteiger partial charge in [0.05, 0.1) is 21.1 Å². The molecule has 0 aliphatic carbocycles. The minimum Gasteiger partial charge on any atom is -0.268 e. The molecule has 2 aromatic rings. The van der Waals surface area contributed by atoms with Gasteiger partial charge in [-0.3, -0.25) is 19.7 Å². The first-order valence-electron chi connectivity index (χ1n) is 8.43. The molecule has 0 bridgehead atoms. The molecule has 0 unspecified atom stereocenters. The number of rotatable bonds is 5. The Morgan fingerprint density at radius 1 is 1.04 bits per heavy atom. The van der Waals surface area contributed by atoms with E-state index in [1.807, 2.05) is 32.9 Å². The third-order valence-electron chi connectivity index (χ3n) is 4.51. The molecule has 0 radical (unpaired) electrons. The van der Waals surface area contributed by atoms with Gasteiger partial charge >= 0.3 is 0 Å². The zero-order valence-corrected chi connectivity index (χ0v) is 16.0. The molecular weight excluding hydrogens is 364 g/mol. The number of non-ortho nitro benzene ring substituents is 1. The average Bonchev–Trinajstić information content (AvgIpc) is 2.88. The number of benzene rings is 2. The van der Waals surface area contributed by atoms with Crippen LogP contribution >= 0.6 is 11.8 Å². The highest BCUT2D eigenvalue weighted by molar-refractivity contribution is 8.04. The zero-order valence-electron chi connectivity index (χ0n) is 15.2. The maximum absolute atomic E-state index is 13.2. The fourth-order valence-electron chi connectivity index (χ4n) is 2.99. The molecule has 27 heavy (non-hydrogen) atoms. The molecular formula is C20H18N2O4S. The van der Waals surface area contributed by atoms with Gasteiger partial charge in [0.25, 0.3) is 17.5 Å². The average molecular weight is 382 g/mol. The highest BCUT2D eigenvalue weighted by Gasteiger charge is 2.40. The second kappa shape index (κ2) is 7.36. The molecule has 0 spiro atoms. The molecule has 2 amide bonds. The molecule has 0 aromatic heterocycles. The number of thioether (sulfide) groups is 1. The quantitative estimate of drug-likeness (QED) is 0.439. The first-order valence-corrected chi connectivity index (χ1v) is 9.42. The predicted octanol–water partition coefficient (Wildman–Crippen LogP) is 4.25. The molecule has 7 heteroatoms. The number of nitro benzene ring substituents is 1. The normalized spacial score (nSPS) is 14.3. The van der Waals surface area contributed by atoms with E-state index in [0.29, 0.717) is 27.5 Å². The lowest BCUT2D eigenvalue weighted by atomic mass is 10.0. The second-order valence-corrected chi connectivity index (χ2v) is 7.38. The summed E-state index contributed by atoms with van der Waals surface area (Å²) >= 11 is 1.31. The van der Waals surface area contributed by atoms with Gasteiger partial charge in [-0.15, -0.1) is 11.8 Å². The van der Waals surface area contributed by atoms with E-state index in [4.69, 9.17) is 0 Å². The van der Waals surface area contributed by atoms with Crippen molar-refractivity contribution in [1.29, 1.82) is 0 Å². The Labute approximate surface area is 161 Å². The second-order valence-electron chi connectivity index (χ2n) is 6.11. The summed E-state index contributed by atoms with van der Waals surface area (Å²) in [6.45, 7) is 5.71. The Kier molecular flexibility index (Phi) is 5.14. The van der Waals surface area contributed by atoms with Crippen LogP contribution in [0.3, 0.4) is 0 Å². The van der Waals surface area contributed by atoms with Crippen molar-refractivity contribution in [3.63, 3.8) is 0 Å². The van der Waals surface area contributed by atoms with Crippen LogP contribution in [0.15, 0.2) is 47.4 Å². The third-order valence-corrected chi connectivity index (χ3v) is 5.47. The van der Waals surface area contributed by atoms with Crippen LogP contribution in [0.5, 0.6) is 0 Å². The van der Waals surface area contributed by atoms with Gasteiger partial charge in [0.15, 0.2) is 0 Å². The molecule has 0 atom stereocenters. The van der Waals surface area contributed by atoms with Crippen molar-refractivity contribution in [2.75, 3.05) is 10.7 Å². The van der Waals surface area contributed by atoms with E-state index in [-0.39, 0.29) is 11.6 Å². The fraction of sp³-hybridized carbons (Fsp3) is 0.200. The maximum atomic E-state index is 13.2. The molecule has 1 aliphatic heterocycles. The zero-order chi connectivity index (χ0) is 19.7. The van der Waals surface area contributed by atoms with Crippen LogP contribution in [0.25, 0.3) is 5.57 Å². The van der Waals surface area contributed by atoms with E-state index in [1.54, 1.807) is 6.07 Å². The van der Waals surface area contributed by atoms with Gasteiger partial charge in [-0.1, -0.05) is 19.1 Å². The van der Waals surface area contributed by atoms with E-state index in [2.05, 4.69) is 0 Å². The Morgan fingerprint density at radius 2 is 1.70 bits per heavy atom. The minimum absolute atomic E-state index is 0.0628. The number of carbonyl (C=O) groups excluding carboxylic acids is 2. The van der Waals surface area contributed by atoms with Gasteiger partial charge in [-0.05, 0) is 54.5 Å². The first kappa shape index (κ1) is 18.8. The number of nitrogens with zero attached hydrogens (tertiary/aromatic N) is 2. The van der Waals surface area contributed by atoms with Gasteiger partial charge in [0.1, 0.15) is 0 Å². The summed E-state index contributed by atoms with van der Waals surface area (Å²) in [5, 5.41) is 10.9. The van der Waals surface area contributed by atoms with E-state index in [0.717, 1.165) is 11.1 Å². The summed E-state index contributed by atoms with van der Waals surface area (Å²) in [6, 6.07) is 11.2. The number of imide groups is 1. The van der Waals surface area contributed by atoms with Crippen LogP contribution in [0, 0.1) is 24.0 Å². The standard InChI is InChI=1S/C20H18N2O4S/c1-4-27-18-17(14-8-10-15(11-9-14)22(25)26)19(23)21(20(18)24)16-7-5-6-12(2)13(16)3/h5-11H,4H2,1-3H3. The fourth-order valence-corrected chi connectivity index (χ4v) is 3.84. The highest BCUT2D eigenvalue weighted by Crippen LogP contribution is 2.39. The molecule has 138 valence electrons. The van der Waals surface area contributed by atoms with E-state index >= 15 is 0 Å². The van der Waals surface area contributed by atoms with Crippen molar-refractivity contribution >= 4 is 40.5 Å². The predicted molar refractivity (Wildman–Crippen MR) is 107 cm³/mol. The van der Waals surface area contributed by atoms with Gasteiger partial charge < -0.3 is 0 Å². The summed E-state index contributed by atoms with van der Waals surface area (Å²) in [7, 11) is 0. The third kappa shape index (κ3) is 3.26. The Morgan fingerprint density at radius 3 is 2.30 bits per heavy atom. The Hall–Kier alpha value is -2.93. The number of anilines is 1. The number of hydrogen-bond acceptors (Lipinski definition) is 5. The number of carbonyl (C=O) groups is 2. The summed E-state index contributed by atoms with van der Waals surface area (Å²) in [6.07, 6.45) is 0. The lowest BCUT2D eigenvalue weighted by molar-refractivity contribution is -0.384. The van der Waals surface area contributed by atoms with Crippen molar-refractivity contribution in [3.8, 4) is 0 Å². The maximum Gasteiger partial charge on any atom is 0.272 e. The van der Waals surface area contributed by atoms with Gasteiger partial charge in [-0.2, -0.15) is 0 Å². The van der Waals surface area contributed by atoms with Crippen LogP contribution < -0.4 is 4.90 Å². The molecule has 0 saturated carbocycles. The van der Waals surface area contributed by atoms with Crippen LogP contribution in [0.1, 0.15) is 23.6 Å². The molecule has 2 aromatic carbocycles. The number of nitro groups is 1. The van der Waals surface area contributed by atoms with Crippen molar-refractivity contribution in [1.82, 2.24) is 0 Å². The first-order chi connectivity index (χ1) is 12.9. The number of aryl methyl sites for hydroxylation is 1. The van der Waals surface area contributed by atoms with E-state index < -0.39 is 10.8 Å². The van der Waals surface area contributed by atoms with Crippen LogP contribution in [-0.2, 0) is 9.59 Å². The Bertz CT molecular complexity index is 980. The van der Waals surface area contributed by atoms with Crippen molar-refractivity contribution in [2.45, 2.75) is 20.8 Å². The lowest BCUT2D eigenvalue weighted by Gasteiger charge is -2.18. The molecule has 0 saturated heterocycles. The van der Waals surface area contributed by atoms with Crippen LogP contribution in [0.4, 0.5) is 11.4 Å². The minimum atomic E-state index is -0.496. The lowest BCUT2D eigenvalue weighted by Crippen LogP contribution is -2.32. The molecule has 1 aliphatic rings. The van der Waals surface area contributed by atoms with Crippen molar-refractivity contribution in [3.05, 3.63) is 74.2 Å². The molecule has 6 nitrogen and oxygen atoms in total. The summed E-state index contributed by atoms with van der Waals surface area (Å²) in [5.74, 6) is -0.127.